The molecule has 3 heteroatoms. The second-order valence-electron chi connectivity index (χ2n) is 3.91. The van der Waals surface area contributed by atoms with Crippen LogP contribution in [0.15, 0.2) is 11.1 Å². The molecule has 1 aliphatic rings. The van der Waals surface area contributed by atoms with Gasteiger partial charge in [0.1, 0.15) is 0 Å². The van der Waals surface area contributed by atoms with Crippen molar-refractivity contribution in [3.63, 3.8) is 0 Å². The molecule has 0 aromatic rings. The Morgan fingerprint density at radius 2 is 2.38 bits per heavy atom. The fourth-order valence-corrected chi connectivity index (χ4v) is 3.01. The molecule has 2 unspecified atom stereocenters. The van der Waals surface area contributed by atoms with E-state index in [1.54, 1.807) is 5.54 Å². The summed E-state index contributed by atoms with van der Waals surface area (Å²) in [5.41, 5.74) is 2.94. The van der Waals surface area contributed by atoms with Crippen LogP contribution in [-0.2, 0) is 0 Å². The number of hydrogen-bond donors (Lipinski definition) is 0. The molecule has 76 valence electrons. The van der Waals surface area contributed by atoms with Crippen molar-refractivity contribution in [2.45, 2.75) is 26.3 Å². The maximum atomic E-state index is 5.66. The van der Waals surface area contributed by atoms with Crippen LogP contribution in [0.1, 0.15) is 20.3 Å². The molecule has 0 saturated carbocycles. The van der Waals surface area contributed by atoms with E-state index in [0.717, 1.165) is 17.8 Å². The Hall–Kier alpha value is 0.470. The van der Waals surface area contributed by atoms with Gasteiger partial charge in [0.2, 0.25) is 0 Å². The zero-order chi connectivity index (χ0) is 9.84. The minimum absolute atomic E-state index is 0.687. The summed E-state index contributed by atoms with van der Waals surface area (Å²) in [6, 6.07) is 0.687. The van der Waals surface area contributed by atoms with E-state index in [4.69, 9.17) is 11.6 Å². The van der Waals surface area contributed by atoms with Crippen LogP contribution in [0.5, 0.6) is 0 Å². The Morgan fingerprint density at radius 1 is 1.69 bits per heavy atom. The molecule has 0 aromatic heterocycles. The first kappa shape index (κ1) is 11.5. The Balaban J connectivity index is 2.50. The predicted octanol–water partition coefficient (Wildman–Crippen LogP) is 3.23. The molecule has 0 radical (unpaired) electrons. The Labute approximate surface area is 94.3 Å². The van der Waals surface area contributed by atoms with E-state index in [1.165, 1.54) is 18.5 Å². The second kappa shape index (κ2) is 5.38. The predicted molar refractivity (Wildman–Crippen MR) is 62.5 cm³/mol. The van der Waals surface area contributed by atoms with Gasteiger partial charge in [-0.1, -0.05) is 34.5 Å². The monoisotopic (exact) mass is 265 g/mol. The minimum atomic E-state index is 0.687. The quantitative estimate of drug-likeness (QED) is 0.709. The maximum absolute atomic E-state index is 5.66. The van der Waals surface area contributed by atoms with Gasteiger partial charge in [0.15, 0.2) is 0 Å². The van der Waals surface area contributed by atoms with Gasteiger partial charge in [0, 0.05) is 23.5 Å². The van der Waals surface area contributed by atoms with Gasteiger partial charge in [-0.2, -0.15) is 0 Å². The van der Waals surface area contributed by atoms with Crippen molar-refractivity contribution < 1.29 is 0 Å². The van der Waals surface area contributed by atoms with Gasteiger partial charge in [-0.15, -0.1) is 0 Å². The molecule has 1 aliphatic heterocycles. The lowest BCUT2D eigenvalue weighted by Gasteiger charge is -2.25. The van der Waals surface area contributed by atoms with E-state index in [9.17, 15) is 0 Å². The van der Waals surface area contributed by atoms with Crippen molar-refractivity contribution in [1.82, 2.24) is 4.90 Å². The first-order valence-corrected chi connectivity index (χ1v) is 6.30. The minimum Gasteiger partial charge on any atom is -0.295 e. The van der Waals surface area contributed by atoms with Crippen LogP contribution in [-0.4, -0.2) is 29.4 Å². The fraction of sp³-hybridized carbons (Fsp3) is 0.800. The fourth-order valence-electron chi connectivity index (χ4n) is 1.89. The third-order valence-electron chi connectivity index (χ3n) is 2.79. The summed E-state index contributed by atoms with van der Waals surface area (Å²) < 4.78 is 0. The summed E-state index contributed by atoms with van der Waals surface area (Å²) in [6.07, 6.45) is 1.31. The summed E-state index contributed by atoms with van der Waals surface area (Å²) >= 11 is 9.23. The molecule has 1 heterocycles. The highest BCUT2D eigenvalue weighted by molar-refractivity contribution is 9.09. The highest BCUT2D eigenvalue weighted by atomic mass is 79.9. The molecule has 13 heavy (non-hydrogen) atoms. The van der Waals surface area contributed by atoms with Crippen molar-refractivity contribution in [3.8, 4) is 0 Å². The van der Waals surface area contributed by atoms with Gasteiger partial charge in [-0.25, -0.2) is 0 Å². The molecule has 1 nitrogen and oxygen atoms in total. The van der Waals surface area contributed by atoms with E-state index in [0.29, 0.717) is 6.04 Å². The van der Waals surface area contributed by atoms with Crippen LogP contribution >= 0.6 is 27.5 Å². The molecular formula is C10H17BrClN. The average Bonchev–Trinajstić information content (AvgIpc) is 2.46. The van der Waals surface area contributed by atoms with Crippen molar-refractivity contribution in [2.24, 2.45) is 5.92 Å². The van der Waals surface area contributed by atoms with Gasteiger partial charge in [-0.05, 0) is 31.4 Å². The van der Waals surface area contributed by atoms with Crippen LogP contribution < -0.4 is 0 Å². The van der Waals surface area contributed by atoms with E-state index in [-0.39, 0.29) is 0 Å². The summed E-state index contributed by atoms with van der Waals surface area (Å²) in [7, 11) is 0. The summed E-state index contributed by atoms with van der Waals surface area (Å²) in [5.74, 6) is 0.808. The normalized spacial score (nSPS) is 31.2. The largest absolute Gasteiger partial charge is 0.295 e. The molecule has 0 bridgehead atoms. The molecule has 0 aromatic carbocycles. The number of alkyl halides is 1. The van der Waals surface area contributed by atoms with E-state index < -0.39 is 0 Å². The smallest absolute Gasteiger partial charge is 0.0222 e. The zero-order valence-corrected chi connectivity index (χ0v) is 10.6. The van der Waals surface area contributed by atoms with Crippen LogP contribution in [0.4, 0.5) is 0 Å². The Bertz CT molecular complexity index is 193. The van der Waals surface area contributed by atoms with Crippen molar-refractivity contribution in [3.05, 3.63) is 11.1 Å². The molecule has 0 aliphatic carbocycles. The third-order valence-corrected chi connectivity index (χ3v) is 3.83. The van der Waals surface area contributed by atoms with Crippen LogP contribution in [0.25, 0.3) is 0 Å². The van der Waals surface area contributed by atoms with Gasteiger partial charge >= 0.3 is 0 Å². The Morgan fingerprint density at radius 3 is 2.92 bits per heavy atom. The van der Waals surface area contributed by atoms with Crippen LogP contribution in [0.3, 0.4) is 0 Å². The summed E-state index contributed by atoms with van der Waals surface area (Å²) in [6.45, 7) is 6.64. The van der Waals surface area contributed by atoms with E-state index in [1.807, 2.05) is 0 Å². The van der Waals surface area contributed by atoms with E-state index in [2.05, 4.69) is 34.7 Å². The molecule has 0 N–H and O–H groups in total. The van der Waals surface area contributed by atoms with Gasteiger partial charge in [0.05, 0.1) is 0 Å². The first-order valence-electron chi connectivity index (χ1n) is 4.75. The van der Waals surface area contributed by atoms with Crippen molar-refractivity contribution in [1.29, 1.82) is 0 Å². The molecule has 2 atom stereocenters. The second-order valence-corrected chi connectivity index (χ2v) is 4.78. The lowest BCUT2D eigenvalue weighted by Crippen LogP contribution is -2.34. The number of rotatable bonds is 3. The van der Waals surface area contributed by atoms with Crippen molar-refractivity contribution in [2.75, 3.05) is 18.4 Å². The van der Waals surface area contributed by atoms with Gasteiger partial charge in [0.25, 0.3) is 0 Å². The number of halogens is 2. The Kier molecular flexibility index (Phi) is 4.77. The number of nitrogens with zero attached hydrogens (tertiary/aromatic N) is 1. The SMILES string of the molecule is CC(=CCl)CN1CCC(C)C1CBr. The highest BCUT2D eigenvalue weighted by Gasteiger charge is 2.29. The summed E-state index contributed by atoms with van der Waals surface area (Å²) in [4.78, 5) is 2.51. The summed E-state index contributed by atoms with van der Waals surface area (Å²) in [5, 5.41) is 1.07. The first-order chi connectivity index (χ1) is 6.19. The highest BCUT2D eigenvalue weighted by Crippen LogP contribution is 2.25. The molecular weight excluding hydrogens is 249 g/mol. The van der Waals surface area contributed by atoms with Crippen LogP contribution in [0, 0.1) is 5.92 Å². The molecule has 1 rings (SSSR count). The molecule has 1 saturated heterocycles. The lowest BCUT2D eigenvalue weighted by atomic mass is 10.1. The molecule has 0 amide bonds. The lowest BCUT2D eigenvalue weighted by molar-refractivity contribution is 0.273. The van der Waals surface area contributed by atoms with E-state index >= 15 is 0 Å². The molecule has 1 fully saturated rings. The van der Waals surface area contributed by atoms with Gasteiger partial charge < -0.3 is 0 Å². The maximum Gasteiger partial charge on any atom is 0.0222 e. The van der Waals surface area contributed by atoms with Gasteiger partial charge in [-0.3, -0.25) is 4.90 Å². The number of hydrogen-bond acceptors (Lipinski definition) is 1. The van der Waals surface area contributed by atoms with Crippen molar-refractivity contribution >= 4 is 27.5 Å². The topological polar surface area (TPSA) is 3.24 Å². The number of likely N-dealkylation sites (tertiary alicyclic amines) is 1. The standard InChI is InChI=1S/C10H17BrClN/c1-8(6-12)7-13-4-3-9(2)10(13)5-11/h6,9-10H,3-5,7H2,1-2H3. The zero-order valence-electron chi connectivity index (χ0n) is 8.26. The molecule has 0 spiro atoms. The van der Waals surface area contributed by atoms with Crippen LogP contribution in [0.2, 0.25) is 0 Å². The third kappa shape index (κ3) is 2.97. The average molecular weight is 267 g/mol.